The van der Waals surface area contributed by atoms with Gasteiger partial charge in [0.1, 0.15) is 16.3 Å². The number of aromatic nitrogens is 1. The fourth-order valence-corrected chi connectivity index (χ4v) is 3.16. The number of nitrogens with one attached hydrogen (secondary N) is 1. The standard InChI is InChI=1S/C11H16ClN3O4S/c1-18-11(2-3-19-7-11)6-15-20(16,17)8-4-9(12)10(13)14-5-8/h4-5,15H,2-3,6-7H2,1H3,(H2,13,14). The Labute approximate surface area is 122 Å². The summed E-state index contributed by atoms with van der Waals surface area (Å²) < 4.78 is 37.4. The van der Waals surface area contributed by atoms with Crippen LogP contribution >= 0.6 is 11.6 Å². The van der Waals surface area contributed by atoms with Crippen LogP contribution in [0.15, 0.2) is 17.2 Å². The number of anilines is 1. The third kappa shape index (κ3) is 3.21. The molecule has 1 saturated heterocycles. The molecule has 112 valence electrons. The predicted molar refractivity (Wildman–Crippen MR) is 74.0 cm³/mol. The summed E-state index contributed by atoms with van der Waals surface area (Å²) in [7, 11) is -2.19. The first-order valence-corrected chi connectivity index (χ1v) is 7.78. The summed E-state index contributed by atoms with van der Waals surface area (Å²) >= 11 is 5.78. The minimum Gasteiger partial charge on any atom is -0.382 e. The van der Waals surface area contributed by atoms with Crippen molar-refractivity contribution in [3.8, 4) is 0 Å². The Kier molecular flexibility index (Phi) is 4.50. The number of sulfonamides is 1. The van der Waals surface area contributed by atoms with Crippen LogP contribution in [0, 0.1) is 0 Å². The number of nitrogen functional groups attached to an aromatic ring is 1. The van der Waals surface area contributed by atoms with Gasteiger partial charge in [0.15, 0.2) is 0 Å². The van der Waals surface area contributed by atoms with Gasteiger partial charge in [0.2, 0.25) is 10.0 Å². The summed E-state index contributed by atoms with van der Waals surface area (Å²) in [5.41, 5.74) is 4.83. The summed E-state index contributed by atoms with van der Waals surface area (Å²) in [6, 6.07) is 1.26. The Bertz CT molecular complexity index is 587. The van der Waals surface area contributed by atoms with E-state index in [1.54, 1.807) is 0 Å². The van der Waals surface area contributed by atoms with E-state index in [4.69, 9.17) is 26.8 Å². The summed E-state index contributed by atoms with van der Waals surface area (Å²) in [4.78, 5) is 3.69. The maximum atomic E-state index is 12.2. The maximum absolute atomic E-state index is 12.2. The molecule has 3 N–H and O–H groups in total. The van der Waals surface area contributed by atoms with Gasteiger partial charge in [-0.25, -0.2) is 18.1 Å². The zero-order valence-electron chi connectivity index (χ0n) is 10.9. The van der Waals surface area contributed by atoms with Crippen molar-refractivity contribution in [1.29, 1.82) is 0 Å². The van der Waals surface area contributed by atoms with Gasteiger partial charge in [-0.1, -0.05) is 11.6 Å². The van der Waals surface area contributed by atoms with Crippen molar-refractivity contribution in [3.05, 3.63) is 17.3 Å². The van der Waals surface area contributed by atoms with Crippen molar-refractivity contribution in [2.24, 2.45) is 0 Å². The Morgan fingerprint density at radius 3 is 2.95 bits per heavy atom. The zero-order chi connectivity index (χ0) is 14.8. The van der Waals surface area contributed by atoms with E-state index < -0.39 is 15.6 Å². The molecule has 0 amide bonds. The molecule has 1 unspecified atom stereocenters. The Morgan fingerprint density at radius 1 is 1.65 bits per heavy atom. The van der Waals surface area contributed by atoms with Crippen LogP contribution in [0.2, 0.25) is 5.02 Å². The summed E-state index contributed by atoms with van der Waals surface area (Å²) in [5, 5.41) is 0.0959. The van der Waals surface area contributed by atoms with Crippen LogP contribution in [-0.4, -0.2) is 45.9 Å². The van der Waals surface area contributed by atoms with E-state index in [1.807, 2.05) is 0 Å². The van der Waals surface area contributed by atoms with E-state index >= 15 is 0 Å². The van der Waals surface area contributed by atoms with Crippen molar-refractivity contribution >= 4 is 27.4 Å². The van der Waals surface area contributed by atoms with Crippen LogP contribution in [0.4, 0.5) is 5.82 Å². The Morgan fingerprint density at radius 2 is 2.40 bits per heavy atom. The fraction of sp³-hybridized carbons (Fsp3) is 0.545. The highest BCUT2D eigenvalue weighted by atomic mass is 35.5. The number of hydrogen-bond donors (Lipinski definition) is 2. The monoisotopic (exact) mass is 321 g/mol. The molecule has 9 heteroatoms. The molecule has 1 aliphatic heterocycles. The number of nitrogens with zero attached hydrogens (tertiary/aromatic N) is 1. The molecular formula is C11H16ClN3O4S. The van der Waals surface area contributed by atoms with Gasteiger partial charge in [-0.15, -0.1) is 0 Å². The number of nitrogens with two attached hydrogens (primary N) is 1. The summed E-state index contributed by atoms with van der Waals surface area (Å²) in [6.45, 7) is 1.02. The predicted octanol–water partition coefficient (Wildman–Crippen LogP) is 0.401. The SMILES string of the molecule is COC1(CNS(=O)(=O)c2cnc(N)c(Cl)c2)CCOC1. The lowest BCUT2D eigenvalue weighted by atomic mass is 10.0. The van der Waals surface area contributed by atoms with Crippen LogP contribution in [-0.2, 0) is 19.5 Å². The normalized spacial score (nSPS) is 23.1. The second-order valence-electron chi connectivity index (χ2n) is 4.55. The molecule has 1 fully saturated rings. The molecular weight excluding hydrogens is 306 g/mol. The molecule has 0 saturated carbocycles. The van der Waals surface area contributed by atoms with Gasteiger partial charge in [-0.2, -0.15) is 0 Å². The molecule has 2 heterocycles. The average molecular weight is 322 g/mol. The molecule has 20 heavy (non-hydrogen) atoms. The first-order chi connectivity index (χ1) is 9.38. The number of rotatable bonds is 5. The van der Waals surface area contributed by atoms with Crippen LogP contribution in [0.3, 0.4) is 0 Å². The molecule has 1 aromatic heterocycles. The van der Waals surface area contributed by atoms with Gasteiger partial charge in [0, 0.05) is 32.9 Å². The molecule has 0 bridgehead atoms. The van der Waals surface area contributed by atoms with Gasteiger partial charge in [0.05, 0.1) is 11.6 Å². The van der Waals surface area contributed by atoms with E-state index in [0.717, 1.165) is 6.20 Å². The quantitative estimate of drug-likeness (QED) is 0.813. The van der Waals surface area contributed by atoms with Gasteiger partial charge in [0.25, 0.3) is 0 Å². The summed E-state index contributed by atoms with van der Waals surface area (Å²) in [5.74, 6) is 0.0863. The Hall–Kier alpha value is -0.930. The third-order valence-electron chi connectivity index (χ3n) is 3.24. The molecule has 1 aliphatic rings. The Balaban J connectivity index is 2.13. The van der Waals surface area contributed by atoms with Crippen molar-refractivity contribution < 1.29 is 17.9 Å². The number of ether oxygens (including phenoxy) is 2. The minimum absolute atomic E-state index is 0.0399. The largest absolute Gasteiger partial charge is 0.382 e. The van der Waals surface area contributed by atoms with Crippen molar-refractivity contribution in [2.75, 3.05) is 32.6 Å². The fourth-order valence-electron chi connectivity index (χ4n) is 1.85. The number of pyridine rings is 1. The van der Waals surface area contributed by atoms with Gasteiger partial charge in [-0.05, 0) is 6.07 Å². The lowest BCUT2D eigenvalue weighted by molar-refractivity contribution is -0.0120. The zero-order valence-corrected chi connectivity index (χ0v) is 12.5. The van der Waals surface area contributed by atoms with Crippen molar-refractivity contribution in [1.82, 2.24) is 9.71 Å². The van der Waals surface area contributed by atoms with E-state index in [0.29, 0.717) is 19.6 Å². The maximum Gasteiger partial charge on any atom is 0.242 e. The molecule has 0 spiro atoms. The van der Waals surface area contributed by atoms with Crippen LogP contribution < -0.4 is 10.5 Å². The molecule has 1 aromatic rings. The third-order valence-corrected chi connectivity index (χ3v) is 4.91. The number of methoxy groups -OCH3 is 1. The van der Waals surface area contributed by atoms with Crippen LogP contribution in [0.25, 0.3) is 0 Å². The topological polar surface area (TPSA) is 104 Å². The van der Waals surface area contributed by atoms with E-state index in [1.165, 1.54) is 13.2 Å². The molecule has 0 aliphatic carbocycles. The molecule has 0 aromatic carbocycles. The van der Waals surface area contributed by atoms with Crippen molar-refractivity contribution in [2.45, 2.75) is 16.9 Å². The second kappa shape index (κ2) is 5.82. The first kappa shape index (κ1) is 15.5. The molecule has 1 atom stereocenters. The molecule has 7 nitrogen and oxygen atoms in total. The highest BCUT2D eigenvalue weighted by molar-refractivity contribution is 7.89. The molecule has 0 radical (unpaired) electrons. The van der Waals surface area contributed by atoms with E-state index in [2.05, 4.69) is 9.71 Å². The smallest absolute Gasteiger partial charge is 0.242 e. The van der Waals surface area contributed by atoms with Crippen LogP contribution in [0.5, 0.6) is 0 Å². The minimum atomic E-state index is -3.72. The van der Waals surface area contributed by atoms with Gasteiger partial charge < -0.3 is 15.2 Å². The van der Waals surface area contributed by atoms with Gasteiger partial charge in [-0.3, -0.25) is 0 Å². The van der Waals surface area contributed by atoms with Gasteiger partial charge >= 0.3 is 0 Å². The highest BCUT2D eigenvalue weighted by Crippen LogP contribution is 2.23. The lowest BCUT2D eigenvalue weighted by Crippen LogP contribution is -2.44. The molecule has 2 rings (SSSR count). The van der Waals surface area contributed by atoms with E-state index in [9.17, 15) is 8.42 Å². The number of hydrogen-bond acceptors (Lipinski definition) is 6. The summed E-state index contributed by atoms with van der Waals surface area (Å²) in [6.07, 6.45) is 1.79. The van der Waals surface area contributed by atoms with Crippen LogP contribution in [0.1, 0.15) is 6.42 Å². The van der Waals surface area contributed by atoms with E-state index in [-0.39, 0.29) is 22.3 Å². The highest BCUT2D eigenvalue weighted by Gasteiger charge is 2.36. The first-order valence-electron chi connectivity index (χ1n) is 5.92. The lowest BCUT2D eigenvalue weighted by Gasteiger charge is -2.25. The average Bonchev–Trinajstić information content (AvgIpc) is 2.89. The second-order valence-corrected chi connectivity index (χ2v) is 6.73. The number of halogens is 1. The van der Waals surface area contributed by atoms with Crippen molar-refractivity contribution in [3.63, 3.8) is 0 Å².